The Bertz CT molecular complexity index is 768. The minimum absolute atomic E-state index is 0.0576. The Kier molecular flexibility index (Phi) is 5.35. The molecular formula is C19H24N4O3. The van der Waals surface area contributed by atoms with Crippen molar-refractivity contribution in [3.8, 4) is 0 Å². The normalized spacial score (nSPS) is 20.3. The van der Waals surface area contributed by atoms with Gasteiger partial charge in [0.2, 0.25) is 11.8 Å². The van der Waals surface area contributed by atoms with Gasteiger partial charge in [0.05, 0.1) is 17.7 Å². The molecular weight excluding hydrogens is 332 g/mol. The molecule has 1 aliphatic heterocycles. The predicted octanol–water partition coefficient (Wildman–Crippen LogP) is 2.30. The van der Waals surface area contributed by atoms with Crippen molar-refractivity contribution >= 4 is 11.8 Å². The van der Waals surface area contributed by atoms with Gasteiger partial charge in [-0.1, -0.05) is 5.16 Å². The fourth-order valence-electron chi connectivity index (χ4n) is 3.63. The van der Waals surface area contributed by atoms with Crippen LogP contribution in [0.3, 0.4) is 0 Å². The molecule has 2 amide bonds. The highest BCUT2D eigenvalue weighted by Crippen LogP contribution is 2.36. The molecule has 0 saturated carbocycles. The van der Waals surface area contributed by atoms with Crippen molar-refractivity contribution in [2.45, 2.75) is 46.2 Å². The van der Waals surface area contributed by atoms with Gasteiger partial charge in [-0.3, -0.25) is 14.6 Å². The van der Waals surface area contributed by atoms with Crippen molar-refractivity contribution in [3.63, 3.8) is 0 Å². The van der Waals surface area contributed by atoms with Crippen LogP contribution in [0.5, 0.6) is 0 Å². The third-order valence-corrected chi connectivity index (χ3v) is 5.05. The van der Waals surface area contributed by atoms with Gasteiger partial charge in [-0.15, -0.1) is 0 Å². The number of hydrogen-bond acceptors (Lipinski definition) is 5. The Morgan fingerprint density at radius 2 is 2.08 bits per heavy atom. The number of piperidine rings is 1. The van der Waals surface area contributed by atoms with Crippen molar-refractivity contribution < 1.29 is 14.1 Å². The number of pyridine rings is 1. The number of aryl methyl sites for hydroxylation is 2. The summed E-state index contributed by atoms with van der Waals surface area (Å²) in [6.45, 7) is 6.57. The SMILES string of the molecule is CCN1C(=O)CC[C@H](C(=O)NCc2c(C)noc2C)[C@H]1c1ccncc1. The zero-order valence-electron chi connectivity index (χ0n) is 15.4. The van der Waals surface area contributed by atoms with Gasteiger partial charge in [-0.05, 0) is 44.9 Å². The molecule has 0 radical (unpaired) electrons. The smallest absolute Gasteiger partial charge is 0.225 e. The second-order valence-electron chi connectivity index (χ2n) is 6.57. The van der Waals surface area contributed by atoms with E-state index in [-0.39, 0.29) is 23.8 Å². The van der Waals surface area contributed by atoms with Crippen LogP contribution in [0.1, 0.15) is 48.4 Å². The van der Waals surface area contributed by atoms with E-state index < -0.39 is 0 Å². The maximum Gasteiger partial charge on any atom is 0.225 e. The highest BCUT2D eigenvalue weighted by molar-refractivity contribution is 5.85. The average molecular weight is 356 g/mol. The molecule has 2 atom stereocenters. The van der Waals surface area contributed by atoms with Crippen LogP contribution in [0.15, 0.2) is 29.0 Å². The van der Waals surface area contributed by atoms with Gasteiger partial charge in [0.15, 0.2) is 0 Å². The van der Waals surface area contributed by atoms with Crippen molar-refractivity contribution in [2.24, 2.45) is 5.92 Å². The lowest BCUT2D eigenvalue weighted by Gasteiger charge is -2.40. The molecule has 2 aromatic rings. The summed E-state index contributed by atoms with van der Waals surface area (Å²) < 4.78 is 5.15. The summed E-state index contributed by atoms with van der Waals surface area (Å²) in [6, 6.07) is 3.48. The number of likely N-dealkylation sites (tertiary alicyclic amines) is 1. The summed E-state index contributed by atoms with van der Waals surface area (Å²) in [7, 11) is 0. The predicted molar refractivity (Wildman–Crippen MR) is 94.9 cm³/mol. The molecule has 0 aromatic carbocycles. The first-order chi connectivity index (χ1) is 12.5. The van der Waals surface area contributed by atoms with Gasteiger partial charge < -0.3 is 14.7 Å². The van der Waals surface area contributed by atoms with Crippen LogP contribution in [0.4, 0.5) is 0 Å². The number of nitrogens with one attached hydrogen (secondary N) is 1. The Labute approximate surface area is 152 Å². The summed E-state index contributed by atoms with van der Waals surface area (Å²) >= 11 is 0. The van der Waals surface area contributed by atoms with Gasteiger partial charge >= 0.3 is 0 Å². The van der Waals surface area contributed by atoms with Crippen LogP contribution in [0.2, 0.25) is 0 Å². The minimum Gasteiger partial charge on any atom is -0.361 e. The van der Waals surface area contributed by atoms with E-state index in [1.165, 1.54) is 0 Å². The van der Waals surface area contributed by atoms with Gasteiger partial charge in [0.1, 0.15) is 5.76 Å². The van der Waals surface area contributed by atoms with Gasteiger partial charge in [0.25, 0.3) is 0 Å². The van der Waals surface area contributed by atoms with E-state index >= 15 is 0 Å². The zero-order chi connectivity index (χ0) is 18.7. The first-order valence-electron chi connectivity index (χ1n) is 8.91. The number of hydrogen-bond donors (Lipinski definition) is 1. The average Bonchev–Trinajstić information content (AvgIpc) is 2.98. The molecule has 1 fully saturated rings. The molecule has 2 aromatic heterocycles. The van der Waals surface area contributed by atoms with Crippen molar-refractivity contribution in [1.82, 2.24) is 20.4 Å². The Balaban J connectivity index is 1.81. The van der Waals surface area contributed by atoms with Crippen LogP contribution < -0.4 is 5.32 Å². The molecule has 1 aliphatic rings. The highest BCUT2D eigenvalue weighted by atomic mass is 16.5. The van der Waals surface area contributed by atoms with Crippen LogP contribution in [-0.2, 0) is 16.1 Å². The maximum atomic E-state index is 13.0. The number of aromatic nitrogens is 2. The fourth-order valence-corrected chi connectivity index (χ4v) is 3.63. The van der Waals surface area contributed by atoms with E-state index in [0.717, 1.165) is 16.8 Å². The topological polar surface area (TPSA) is 88.3 Å². The van der Waals surface area contributed by atoms with Gasteiger partial charge in [-0.2, -0.15) is 0 Å². The molecule has 0 spiro atoms. The second-order valence-corrected chi connectivity index (χ2v) is 6.57. The molecule has 0 aliphatic carbocycles. The molecule has 3 rings (SSSR count). The van der Waals surface area contributed by atoms with Crippen LogP contribution >= 0.6 is 0 Å². The monoisotopic (exact) mass is 356 g/mol. The summed E-state index contributed by atoms with van der Waals surface area (Å²) in [6.07, 6.45) is 4.32. The molecule has 138 valence electrons. The Hall–Kier alpha value is -2.70. The standard InChI is InChI=1S/C19H24N4O3/c1-4-23-17(24)6-5-15(18(23)14-7-9-20-10-8-14)19(25)21-11-16-12(2)22-26-13(16)3/h7-10,15,18H,4-6,11H2,1-3H3,(H,21,25)/t15-,18+/m0/s1. The molecule has 7 nitrogen and oxygen atoms in total. The third kappa shape index (κ3) is 3.47. The molecule has 0 bridgehead atoms. The fraction of sp³-hybridized carbons (Fsp3) is 0.474. The molecule has 0 unspecified atom stereocenters. The summed E-state index contributed by atoms with van der Waals surface area (Å²) in [4.78, 5) is 31.2. The van der Waals surface area contributed by atoms with E-state index in [4.69, 9.17) is 4.52 Å². The van der Waals surface area contributed by atoms with Gasteiger partial charge in [-0.25, -0.2) is 0 Å². The maximum absolute atomic E-state index is 13.0. The van der Waals surface area contributed by atoms with E-state index in [0.29, 0.717) is 31.7 Å². The molecule has 26 heavy (non-hydrogen) atoms. The zero-order valence-corrected chi connectivity index (χ0v) is 15.4. The van der Waals surface area contributed by atoms with Crippen molar-refractivity contribution in [3.05, 3.63) is 47.1 Å². The van der Waals surface area contributed by atoms with Crippen molar-refractivity contribution in [2.75, 3.05) is 6.54 Å². The molecule has 1 saturated heterocycles. The quantitative estimate of drug-likeness (QED) is 0.888. The molecule has 3 heterocycles. The first kappa shape index (κ1) is 18.1. The van der Waals surface area contributed by atoms with Crippen LogP contribution in [0, 0.1) is 19.8 Å². The number of amides is 2. The van der Waals surface area contributed by atoms with Crippen LogP contribution in [0.25, 0.3) is 0 Å². The van der Waals surface area contributed by atoms with E-state index in [9.17, 15) is 9.59 Å². The number of carbonyl (C=O) groups is 2. The van der Waals surface area contributed by atoms with E-state index in [2.05, 4.69) is 15.5 Å². The van der Waals surface area contributed by atoms with E-state index in [1.807, 2.05) is 32.9 Å². The number of rotatable bonds is 5. The van der Waals surface area contributed by atoms with Gasteiger partial charge in [0, 0.05) is 37.5 Å². The lowest BCUT2D eigenvalue weighted by molar-refractivity contribution is -0.143. The summed E-state index contributed by atoms with van der Waals surface area (Å²) in [5, 5.41) is 6.92. The third-order valence-electron chi connectivity index (χ3n) is 5.05. The first-order valence-corrected chi connectivity index (χ1v) is 8.91. The Morgan fingerprint density at radius 3 is 2.69 bits per heavy atom. The minimum atomic E-state index is -0.296. The number of carbonyl (C=O) groups excluding carboxylic acids is 2. The summed E-state index contributed by atoms with van der Waals surface area (Å²) in [5.41, 5.74) is 2.62. The Morgan fingerprint density at radius 1 is 1.35 bits per heavy atom. The summed E-state index contributed by atoms with van der Waals surface area (Å²) in [5.74, 6) is 0.444. The lowest BCUT2D eigenvalue weighted by atomic mass is 9.84. The largest absolute Gasteiger partial charge is 0.361 e. The highest BCUT2D eigenvalue weighted by Gasteiger charge is 2.39. The van der Waals surface area contributed by atoms with Crippen LogP contribution in [-0.4, -0.2) is 33.4 Å². The number of nitrogens with zero attached hydrogens (tertiary/aromatic N) is 3. The lowest BCUT2D eigenvalue weighted by Crippen LogP contribution is -2.47. The van der Waals surface area contributed by atoms with E-state index in [1.54, 1.807) is 17.3 Å². The van der Waals surface area contributed by atoms with Crippen molar-refractivity contribution in [1.29, 1.82) is 0 Å². The molecule has 7 heteroatoms. The second kappa shape index (κ2) is 7.68. The molecule has 1 N–H and O–H groups in total.